The van der Waals surface area contributed by atoms with Crippen molar-refractivity contribution in [2.24, 2.45) is 5.73 Å². The molecule has 0 aliphatic heterocycles. The number of halogens is 1. The highest BCUT2D eigenvalue weighted by molar-refractivity contribution is 9.10. The minimum Gasteiger partial charge on any atom is -0.369 e. The minimum atomic E-state index is -0.427. The average molecular weight is 313 g/mol. The van der Waals surface area contributed by atoms with Crippen LogP contribution in [-0.4, -0.2) is 35.7 Å². The summed E-state index contributed by atoms with van der Waals surface area (Å²) in [6.45, 7) is 4.13. The van der Waals surface area contributed by atoms with Crippen LogP contribution in [0.4, 0.5) is 0 Å². The van der Waals surface area contributed by atoms with Gasteiger partial charge < -0.3 is 5.73 Å². The molecule has 0 spiro atoms. The lowest BCUT2D eigenvalue weighted by Gasteiger charge is -2.24. The van der Waals surface area contributed by atoms with Gasteiger partial charge in [0.1, 0.15) is 0 Å². The van der Waals surface area contributed by atoms with Crippen molar-refractivity contribution in [1.29, 1.82) is 0 Å². The summed E-state index contributed by atoms with van der Waals surface area (Å²) >= 11 is 3.34. The number of carbonyl (C=O) groups is 2. The second-order valence-corrected chi connectivity index (χ2v) is 5.22. The van der Waals surface area contributed by atoms with Crippen molar-refractivity contribution < 1.29 is 9.59 Å². The first-order valence-corrected chi connectivity index (χ1v) is 6.51. The topological polar surface area (TPSA) is 63.4 Å². The van der Waals surface area contributed by atoms with Crippen molar-refractivity contribution in [1.82, 2.24) is 4.90 Å². The Hall–Kier alpha value is -1.20. The van der Waals surface area contributed by atoms with Crippen LogP contribution in [-0.2, 0) is 4.79 Å². The third-order valence-electron chi connectivity index (χ3n) is 2.61. The van der Waals surface area contributed by atoms with Crippen LogP contribution < -0.4 is 5.73 Å². The first kappa shape index (κ1) is 14.9. The molecule has 5 heteroatoms. The quantitative estimate of drug-likeness (QED) is 0.815. The number of rotatable bonds is 6. The van der Waals surface area contributed by atoms with Gasteiger partial charge in [-0.1, -0.05) is 34.1 Å². The fraction of sp³-hybridized carbons (Fsp3) is 0.385. The van der Waals surface area contributed by atoms with E-state index in [1.165, 1.54) is 0 Å². The van der Waals surface area contributed by atoms with Crippen molar-refractivity contribution in [2.45, 2.75) is 19.9 Å². The summed E-state index contributed by atoms with van der Waals surface area (Å²) in [5.41, 5.74) is 5.79. The monoisotopic (exact) mass is 312 g/mol. The van der Waals surface area contributed by atoms with Gasteiger partial charge in [0.05, 0.1) is 13.1 Å². The molecule has 0 aliphatic rings. The molecule has 0 atom stereocenters. The average Bonchev–Trinajstić information content (AvgIpc) is 2.27. The number of carbonyl (C=O) groups excluding carboxylic acids is 2. The largest absolute Gasteiger partial charge is 0.369 e. The van der Waals surface area contributed by atoms with E-state index in [1.54, 1.807) is 11.0 Å². The van der Waals surface area contributed by atoms with Crippen LogP contribution in [0.5, 0.6) is 0 Å². The summed E-state index contributed by atoms with van der Waals surface area (Å²) in [5.74, 6) is -0.457. The molecule has 1 rings (SSSR count). The lowest BCUT2D eigenvalue weighted by Crippen LogP contribution is -2.41. The summed E-state index contributed by atoms with van der Waals surface area (Å²) in [6, 6.07) is 7.33. The van der Waals surface area contributed by atoms with Gasteiger partial charge in [-0.3, -0.25) is 14.5 Å². The van der Waals surface area contributed by atoms with Gasteiger partial charge in [-0.15, -0.1) is 0 Å². The lowest BCUT2D eigenvalue weighted by molar-refractivity contribution is -0.119. The lowest BCUT2D eigenvalue weighted by atomic mass is 10.1. The second kappa shape index (κ2) is 6.66. The number of amides is 1. The van der Waals surface area contributed by atoms with Crippen LogP contribution in [0.15, 0.2) is 28.7 Å². The van der Waals surface area contributed by atoms with E-state index < -0.39 is 5.91 Å². The van der Waals surface area contributed by atoms with Crippen molar-refractivity contribution in [3.63, 3.8) is 0 Å². The maximum absolute atomic E-state index is 12.1. The van der Waals surface area contributed by atoms with Crippen LogP contribution in [0.25, 0.3) is 0 Å². The molecule has 4 nitrogen and oxygen atoms in total. The van der Waals surface area contributed by atoms with E-state index in [0.717, 1.165) is 4.47 Å². The number of nitrogens with zero attached hydrogens (tertiary/aromatic N) is 1. The number of ketones is 1. The smallest absolute Gasteiger partial charge is 0.231 e. The molecule has 0 saturated heterocycles. The van der Waals surface area contributed by atoms with Crippen LogP contribution in [0.3, 0.4) is 0 Å². The molecule has 0 heterocycles. The van der Waals surface area contributed by atoms with E-state index in [9.17, 15) is 9.59 Å². The number of benzene rings is 1. The number of primary amides is 1. The zero-order chi connectivity index (χ0) is 13.7. The van der Waals surface area contributed by atoms with Gasteiger partial charge in [-0.05, 0) is 19.9 Å². The van der Waals surface area contributed by atoms with Gasteiger partial charge in [0.15, 0.2) is 5.78 Å². The molecule has 0 saturated carbocycles. The van der Waals surface area contributed by atoms with Gasteiger partial charge >= 0.3 is 0 Å². The summed E-state index contributed by atoms with van der Waals surface area (Å²) in [5, 5.41) is 0. The SMILES string of the molecule is CC(C)N(CC(N)=O)CC(=O)c1ccccc1Br. The van der Waals surface area contributed by atoms with E-state index in [4.69, 9.17) is 5.73 Å². The number of hydrogen-bond acceptors (Lipinski definition) is 3. The zero-order valence-electron chi connectivity index (χ0n) is 10.5. The number of nitrogens with two attached hydrogens (primary N) is 1. The van der Waals surface area contributed by atoms with Crippen LogP contribution in [0.1, 0.15) is 24.2 Å². The normalized spacial score (nSPS) is 10.9. The third-order valence-corrected chi connectivity index (χ3v) is 3.30. The Kier molecular flexibility index (Phi) is 5.50. The zero-order valence-corrected chi connectivity index (χ0v) is 12.1. The Balaban J connectivity index is 2.79. The molecule has 0 fully saturated rings. The highest BCUT2D eigenvalue weighted by Crippen LogP contribution is 2.17. The van der Waals surface area contributed by atoms with Gasteiger partial charge in [0.25, 0.3) is 0 Å². The first-order chi connectivity index (χ1) is 8.41. The summed E-state index contributed by atoms with van der Waals surface area (Å²) < 4.78 is 0.762. The number of Topliss-reactive ketones (excluding diaryl/α,β-unsaturated/α-hetero) is 1. The predicted molar refractivity (Wildman–Crippen MR) is 74.4 cm³/mol. The Morgan fingerprint density at radius 2 is 1.89 bits per heavy atom. The van der Waals surface area contributed by atoms with E-state index in [0.29, 0.717) is 5.56 Å². The summed E-state index contributed by atoms with van der Waals surface area (Å²) in [6.07, 6.45) is 0. The molecule has 18 heavy (non-hydrogen) atoms. The molecular formula is C13H17BrN2O2. The van der Waals surface area contributed by atoms with Gasteiger partial charge in [-0.25, -0.2) is 0 Å². The predicted octanol–water partition coefficient (Wildman–Crippen LogP) is 1.83. The molecule has 0 aliphatic carbocycles. The molecule has 1 aromatic carbocycles. The van der Waals surface area contributed by atoms with Crippen molar-refractivity contribution in [3.05, 3.63) is 34.3 Å². The number of hydrogen-bond donors (Lipinski definition) is 1. The van der Waals surface area contributed by atoms with Crippen LogP contribution in [0, 0.1) is 0 Å². The molecule has 0 unspecified atom stereocenters. The van der Waals surface area contributed by atoms with Gasteiger partial charge in [0.2, 0.25) is 5.91 Å². The van der Waals surface area contributed by atoms with Gasteiger partial charge in [0, 0.05) is 16.1 Å². The Morgan fingerprint density at radius 1 is 1.28 bits per heavy atom. The van der Waals surface area contributed by atoms with Crippen molar-refractivity contribution in [3.8, 4) is 0 Å². The van der Waals surface area contributed by atoms with Crippen molar-refractivity contribution >= 4 is 27.6 Å². The Bertz CT molecular complexity index is 446. The standard InChI is InChI=1S/C13H17BrN2O2/c1-9(2)16(8-13(15)18)7-12(17)10-5-3-4-6-11(10)14/h3-6,9H,7-8H2,1-2H3,(H2,15,18). The maximum Gasteiger partial charge on any atom is 0.231 e. The van der Waals surface area contributed by atoms with Crippen molar-refractivity contribution in [2.75, 3.05) is 13.1 Å². The van der Waals surface area contributed by atoms with Gasteiger partial charge in [-0.2, -0.15) is 0 Å². The molecule has 0 bridgehead atoms. The second-order valence-electron chi connectivity index (χ2n) is 4.37. The third kappa shape index (κ3) is 4.23. The molecule has 0 radical (unpaired) electrons. The van der Waals surface area contributed by atoms with E-state index in [-0.39, 0.29) is 24.9 Å². The maximum atomic E-state index is 12.1. The molecule has 1 aromatic rings. The fourth-order valence-corrected chi connectivity index (χ4v) is 2.08. The molecule has 1 amide bonds. The van der Waals surface area contributed by atoms with Crippen LogP contribution >= 0.6 is 15.9 Å². The molecule has 98 valence electrons. The minimum absolute atomic E-state index is 0.0302. The molecule has 2 N–H and O–H groups in total. The van der Waals surface area contributed by atoms with E-state index >= 15 is 0 Å². The summed E-state index contributed by atoms with van der Waals surface area (Å²) in [7, 11) is 0. The van der Waals surface area contributed by atoms with E-state index in [1.807, 2.05) is 32.0 Å². The highest BCUT2D eigenvalue weighted by atomic mass is 79.9. The molecule has 0 aromatic heterocycles. The van der Waals surface area contributed by atoms with E-state index in [2.05, 4.69) is 15.9 Å². The summed E-state index contributed by atoms with van der Waals surface area (Å²) in [4.78, 5) is 24.9. The Morgan fingerprint density at radius 3 is 2.39 bits per heavy atom. The highest BCUT2D eigenvalue weighted by Gasteiger charge is 2.18. The Labute approximate surface area is 115 Å². The first-order valence-electron chi connectivity index (χ1n) is 5.72. The molecular weight excluding hydrogens is 296 g/mol. The fourth-order valence-electron chi connectivity index (χ4n) is 1.58. The van der Waals surface area contributed by atoms with Crippen LogP contribution in [0.2, 0.25) is 0 Å².